The standard InChI is InChI=1S/C20H23N7/c1-2-12-27(13-3-1)18-6-4-17(5-7-18)24-19-15-23-26-20(25-19)22-14-16-8-10-21-11-9-16/h4-11,15H,1-3,12-14H2,(H2,22,24,25,26). The number of hydrogen-bond donors (Lipinski definition) is 2. The summed E-state index contributed by atoms with van der Waals surface area (Å²) in [5, 5.41) is 14.5. The maximum absolute atomic E-state index is 4.47. The lowest BCUT2D eigenvalue weighted by Crippen LogP contribution is -2.29. The fraction of sp³-hybridized carbons (Fsp3) is 0.300. The van der Waals surface area contributed by atoms with E-state index < -0.39 is 0 Å². The molecule has 0 aliphatic carbocycles. The molecule has 7 heteroatoms. The van der Waals surface area contributed by atoms with Gasteiger partial charge in [-0.3, -0.25) is 4.98 Å². The zero-order valence-corrected chi connectivity index (χ0v) is 15.2. The van der Waals surface area contributed by atoms with Crippen LogP contribution in [0.15, 0.2) is 55.0 Å². The van der Waals surface area contributed by atoms with E-state index in [1.807, 2.05) is 12.1 Å². The molecule has 3 aromatic rings. The average Bonchev–Trinajstić information content (AvgIpc) is 2.75. The van der Waals surface area contributed by atoms with E-state index in [0.29, 0.717) is 18.3 Å². The van der Waals surface area contributed by atoms with Crippen molar-refractivity contribution in [2.24, 2.45) is 0 Å². The molecule has 3 heterocycles. The number of aromatic nitrogens is 4. The third-order valence-corrected chi connectivity index (χ3v) is 4.62. The fourth-order valence-electron chi connectivity index (χ4n) is 3.18. The largest absolute Gasteiger partial charge is 0.372 e. The molecule has 1 fully saturated rings. The fourth-order valence-corrected chi connectivity index (χ4v) is 3.18. The first-order chi connectivity index (χ1) is 13.4. The maximum atomic E-state index is 4.47. The number of pyridine rings is 1. The molecule has 0 spiro atoms. The van der Waals surface area contributed by atoms with Crippen LogP contribution in [0.1, 0.15) is 24.8 Å². The van der Waals surface area contributed by atoms with Crippen molar-refractivity contribution in [1.82, 2.24) is 20.2 Å². The molecule has 2 N–H and O–H groups in total. The van der Waals surface area contributed by atoms with E-state index in [1.54, 1.807) is 18.6 Å². The Morgan fingerprint density at radius 1 is 0.926 bits per heavy atom. The van der Waals surface area contributed by atoms with Gasteiger partial charge in [0.1, 0.15) is 0 Å². The second-order valence-electron chi connectivity index (χ2n) is 6.59. The molecule has 2 aromatic heterocycles. The lowest BCUT2D eigenvalue weighted by atomic mass is 10.1. The van der Waals surface area contributed by atoms with E-state index >= 15 is 0 Å². The van der Waals surface area contributed by atoms with E-state index in [0.717, 1.165) is 24.3 Å². The normalized spacial score (nSPS) is 14.0. The van der Waals surface area contributed by atoms with Gasteiger partial charge in [0.2, 0.25) is 5.95 Å². The van der Waals surface area contributed by atoms with Crippen molar-refractivity contribution in [2.45, 2.75) is 25.8 Å². The van der Waals surface area contributed by atoms with Crippen molar-refractivity contribution < 1.29 is 0 Å². The molecule has 1 saturated heterocycles. The van der Waals surface area contributed by atoms with Gasteiger partial charge in [-0.15, -0.1) is 5.10 Å². The van der Waals surface area contributed by atoms with Crippen molar-refractivity contribution in [3.63, 3.8) is 0 Å². The Morgan fingerprint density at radius 2 is 1.70 bits per heavy atom. The minimum atomic E-state index is 0.488. The molecule has 0 saturated carbocycles. The molecule has 0 atom stereocenters. The summed E-state index contributed by atoms with van der Waals surface area (Å²) in [5.41, 5.74) is 3.37. The number of anilines is 4. The van der Waals surface area contributed by atoms with Gasteiger partial charge < -0.3 is 15.5 Å². The molecular formula is C20H23N7. The van der Waals surface area contributed by atoms with Crippen molar-refractivity contribution in [2.75, 3.05) is 28.6 Å². The molecule has 4 rings (SSSR count). The third kappa shape index (κ3) is 4.69. The monoisotopic (exact) mass is 361 g/mol. The minimum Gasteiger partial charge on any atom is -0.372 e. The van der Waals surface area contributed by atoms with Gasteiger partial charge in [-0.1, -0.05) is 0 Å². The Kier molecular flexibility index (Phi) is 5.38. The van der Waals surface area contributed by atoms with E-state index in [9.17, 15) is 0 Å². The number of rotatable bonds is 6. The van der Waals surface area contributed by atoms with Crippen molar-refractivity contribution in [3.8, 4) is 0 Å². The van der Waals surface area contributed by atoms with Gasteiger partial charge in [0, 0.05) is 43.4 Å². The van der Waals surface area contributed by atoms with E-state index in [4.69, 9.17) is 0 Å². The number of nitrogens with one attached hydrogen (secondary N) is 2. The van der Waals surface area contributed by atoms with E-state index in [-0.39, 0.29) is 0 Å². The predicted octanol–water partition coefficient (Wildman–Crippen LogP) is 3.61. The molecule has 1 aliphatic rings. The predicted molar refractivity (Wildman–Crippen MR) is 107 cm³/mol. The highest BCUT2D eigenvalue weighted by Crippen LogP contribution is 2.23. The minimum absolute atomic E-state index is 0.488. The number of nitrogens with zero attached hydrogens (tertiary/aromatic N) is 5. The van der Waals surface area contributed by atoms with Gasteiger partial charge in [-0.05, 0) is 61.2 Å². The molecule has 0 radical (unpaired) electrons. The zero-order chi connectivity index (χ0) is 18.3. The summed E-state index contributed by atoms with van der Waals surface area (Å²) in [6.45, 7) is 2.92. The molecular weight excluding hydrogens is 338 g/mol. The quantitative estimate of drug-likeness (QED) is 0.694. The SMILES string of the molecule is c1cc(CNc2nncc(Nc3ccc(N4CCCCC4)cc3)n2)ccn1. The van der Waals surface area contributed by atoms with Gasteiger partial charge in [0.25, 0.3) is 0 Å². The van der Waals surface area contributed by atoms with Crippen LogP contribution in [-0.2, 0) is 6.54 Å². The van der Waals surface area contributed by atoms with Crippen LogP contribution in [0.3, 0.4) is 0 Å². The molecule has 1 aromatic carbocycles. The van der Waals surface area contributed by atoms with Crippen molar-refractivity contribution in [1.29, 1.82) is 0 Å². The van der Waals surface area contributed by atoms with Crippen LogP contribution in [0, 0.1) is 0 Å². The van der Waals surface area contributed by atoms with Crippen molar-refractivity contribution in [3.05, 3.63) is 60.6 Å². The molecule has 138 valence electrons. The lowest BCUT2D eigenvalue weighted by molar-refractivity contribution is 0.578. The van der Waals surface area contributed by atoms with Gasteiger partial charge in [-0.2, -0.15) is 10.1 Å². The number of hydrogen-bond acceptors (Lipinski definition) is 7. The Bertz CT molecular complexity index is 846. The molecule has 27 heavy (non-hydrogen) atoms. The average molecular weight is 361 g/mol. The zero-order valence-electron chi connectivity index (χ0n) is 15.2. The molecule has 0 amide bonds. The summed E-state index contributed by atoms with van der Waals surface area (Å²) in [5.74, 6) is 1.15. The maximum Gasteiger partial charge on any atom is 0.244 e. The van der Waals surface area contributed by atoms with Crippen molar-refractivity contribution >= 4 is 23.1 Å². The van der Waals surface area contributed by atoms with Crippen LogP contribution in [0.25, 0.3) is 0 Å². The smallest absolute Gasteiger partial charge is 0.244 e. The molecule has 7 nitrogen and oxygen atoms in total. The van der Waals surface area contributed by atoms with Gasteiger partial charge in [-0.25, -0.2) is 0 Å². The Balaban J connectivity index is 1.37. The Morgan fingerprint density at radius 3 is 2.48 bits per heavy atom. The summed E-state index contributed by atoms with van der Waals surface area (Å²) in [7, 11) is 0. The van der Waals surface area contributed by atoms with E-state index in [1.165, 1.54) is 24.9 Å². The second-order valence-corrected chi connectivity index (χ2v) is 6.59. The van der Waals surface area contributed by atoms with Crippen LogP contribution < -0.4 is 15.5 Å². The highest BCUT2D eigenvalue weighted by molar-refractivity contribution is 5.60. The lowest BCUT2D eigenvalue weighted by Gasteiger charge is -2.28. The topological polar surface area (TPSA) is 78.9 Å². The Labute approximate surface area is 158 Å². The third-order valence-electron chi connectivity index (χ3n) is 4.62. The summed E-state index contributed by atoms with van der Waals surface area (Å²) < 4.78 is 0. The van der Waals surface area contributed by atoms with Gasteiger partial charge in [0.05, 0.1) is 6.20 Å². The van der Waals surface area contributed by atoms with Crippen LogP contribution >= 0.6 is 0 Å². The van der Waals surface area contributed by atoms with Gasteiger partial charge >= 0.3 is 0 Å². The first-order valence-electron chi connectivity index (χ1n) is 9.31. The number of benzene rings is 1. The Hall–Kier alpha value is -3.22. The van der Waals surface area contributed by atoms with Gasteiger partial charge in [0.15, 0.2) is 5.82 Å². The van der Waals surface area contributed by atoms with Crippen LogP contribution in [-0.4, -0.2) is 33.3 Å². The molecule has 0 unspecified atom stereocenters. The summed E-state index contributed by atoms with van der Waals surface area (Å²) in [6, 6.07) is 12.4. The van der Waals surface area contributed by atoms with Crippen LogP contribution in [0.5, 0.6) is 0 Å². The van der Waals surface area contributed by atoms with E-state index in [2.05, 4.69) is 60.0 Å². The first-order valence-corrected chi connectivity index (χ1v) is 9.31. The molecule has 1 aliphatic heterocycles. The van der Waals surface area contributed by atoms with Crippen LogP contribution in [0.2, 0.25) is 0 Å². The highest BCUT2D eigenvalue weighted by Gasteiger charge is 2.10. The summed E-state index contributed by atoms with van der Waals surface area (Å²) in [6.07, 6.45) is 9.05. The highest BCUT2D eigenvalue weighted by atomic mass is 15.3. The summed E-state index contributed by atoms with van der Waals surface area (Å²) >= 11 is 0. The first kappa shape index (κ1) is 17.2. The second kappa shape index (κ2) is 8.44. The summed E-state index contributed by atoms with van der Waals surface area (Å²) in [4.78, 5) is 10.9. The van der Waals surface area contributed by atoms with Crippen LogP contribution in [0.4, 0.5) is 23.1 Å². The number of piperidine rings is 1. The molecule has 0 bridgehead atoms.